The molecule has 2 atom stereocenters. The summed E-state index contributed by atoms with van der Waals surface area (Å²) < 4.78 is 0. The quantitative estimate of drug-likeness (QED) is 0.737. The molecule has 1 aliphatic heterocycles. The van der Waals surface area contributed by atoms with Crippen LogP contribution in [0.2, 0.25) is 0 Å². The molecule has 2 N–H and O–H groups in total. The Balaban J connectivity index is 2.43. The van der Waals surface area contributed by atoms with Gasteiger partial charge in [-0.15, -0.1) is 0 Å². The summed E-state index contributed by atoms with van der Waals surface area (Å²) in [5.74, 6) is -0.752. The predicted molar refractivity (Wildman–Crippen MR) is 82.1 cm³/mol. The number of hydrogen-bond acceptors (Lipinski definition) is 4. The summed E-state index contributed by atoms with van der Waals surface area (Å²) in [4.78, 5) is 16.3. The van der Waals surface area contributed by atoms with Crippen molar-refractivity contribution in [2.45, 2.75) is 58.2 Å². The van der Waals surface area contributed by atoms with Gasteiger partial charge in [-0.2, -0.15) is 0 Å². The molecule has 0 aromatic carbocycles. The van der Waals surface area contributed by atoms with E-state index in [1.165, 1.54) is 0 Å². The van der Waals surface area contributed by atoms with E-state index in [0.29, 0.717) is 12.5 Å². The molecule has 5 nitrogen and oxygen atoms in total. The molecule has 0 aliphatic carbocycles. The molecule has 1 saturated heterocycles. The molecule has 0 bridgehead atoms. The average Bonchev–Trinajstić information content (AvgIpc) is 2.30. The number of aliphatic carboxylic acids is 1. The molecule has 0 spiro atoms. The fourth-order valence-electron chi connectivity index (χ4n) is 3.02. The lowest BCUT2D eigenvalue weighted by atomic mass is 9.94. The molecule has 20 heavy (non-hydrogen) atoms. The minimum Gasteiger partial charge on any atom is -0.480 e. The van der Waals surface area contributed by atoms with Crippen molar-refractivity contribution >= 4 is 5.97 Å². The second kappa shape index (κ2) is 7.38. The van der Waals surface area contributed by atoms with Gasteiger partial charge in [0, 0.05) is 31.7 Å². The highest BCUT2D eigenvalue weighted by Crippen LogP contribution is 2.16. The zero-order valence-corrected chi connectivity index (χ0v) is 13.6. The van der Waals surface area contributed by atoms with Gasteiger partial charge in [0.25, 0.3) is 0 Å². The van der Waals surface area contributed by atoms with E-state index in [9.17, 15) is 9.90 Å². The number of rotatable bonds is 7. The molecule has 1 fully saturated rings. The number of nitrogens with zero attached hydrogens (tertiary/aromatic N) is 2. The van der Waals surface area contributed by atoms with E-state index in [2.05, 4.69) is 29.1 Å². The first-order chi connectivity index (χ1) is 9.24. The van der Waals surface area contributed by atoms with Crippen LogP contribution in [0, 0.1) is 0 Å². The van der Waals surface area contributed by atoms with Crippen molar-refractivity contribution in [2.24, 2.45) is 0 Å². The van der Waals surface area contributed by atoms with Gasteiger partial charge >= 0.3 is 5.97 Å². The fraction of sp³-hybridized carbons (Fsp3) is 0.933. The molecule has 0 amide bonds. The molecular weight excluding hydrogens is 254 g/mol. The van der Waals surface area contributed by atoms with Crippen molar-refractivity contribution in [3.05, 3.63) is 0 Å². The molecule has 0 aromatic rings. The molecular formula is C15H31N3O2. The third-order valence-electron chi connectivity index (χ3n) is 4.17. The second-order valence-corrected chi connectivity index (χ2v) is 6.69. The minimum atomic E-state index is -0.815. The molecule has 1 aliphatic rings. The van der Waals surface area contributed by atoms with E-state index in [0.717, 1.165) is 32.6 Å². The summed E-state index contributed by atoms with van der Waals surface area (Å²) in [5.41, 5.74) is -0.815. The second-order valence-electron chi connectivity index (χ2n) is 6.69. The Morgan fingerprint density at radius 3 is 2.60 bits per heavy atom. The molecule has 0 aromatic heterocycles. The molecule has 1 heterocycles. The van der Waals surface area contributed by atoms with Crippen LogP contribution in [-0.4, -0.2) is 71.7 Å². The molecule has 118 valence electrons. The van der Waals surface area contributed by atoms with Gasteiger partial charge in [0.2, 0.25) is 0 Å². The Labute approximate surface area is 123 Å². The van der Waals surface area contributed by atoms with Gasteiger partial charge in [0.05, 0.1) is 0 Å². The zero-order valence-electron chi connectivity index (χ0n) is 13.6. The van der Waals surface area contributed by atoms with Gasteiger partial charge in [-0.3, -0.25) is 15.0 Å². The summed E-state index contributed by atoms with van der Waals surface area (Å²) in [6.45, 7) is 12.3. The third kappa shape index (κ3) is 5.04. The number of carbonyl (C=O) groups is 1. The standard InChI is InChI=1S/C15H31N3O2/c1-12(2)16-15(4,14(19)20)7-6-8-18-10-9-17(5)11-13(18)3/h12-13,16H,6-11H2,1-5H3,(H,19,20). The number of nitrogens with one attached hydrogen (secondary N) is 1. The van der Waals surface area contributed by atoms with Crippen molar-refractivity contribution in [3.8, 4) is 0 Å². The highest BCUT2D eigenvalue weighted by Gasteiger charge is 2.33. The summed E-state index contributed by atoms with van der Waals surface area (Å²) in [6, 6.07) is 0.738. The van der Waals surface area contributed by atoms with E-state index in [1.54, 1.807) is 6.92 Å². The van der Waals surface area contributed by atoms with E-state index >= 15 is 0 Å². The van der Waals surface area contributed by atoms with Crippen LogP contribution < -0.4 is 5.32 Å². The lowest BCUT2D eigenvalue weighted by Gasteiger charge is -2.38. The molecule has 0 saturated carbocycles. The highest BCUT2D eigenvalue weighted by atomic mass is 16.4. The Hall–Kier alpha value is -0.650. The number of carboxylic acids is 1. The molecule has 0 radical (unpaired) electrons. The summed E-state index contributed by atoms with van der Waals surface area (Å²) in [7, 11) is 2.15. The summed E-state index contributed by atoms with van der Waals surface area (Å²) >= 11 is 0. The van der Waals surface area contributed by atoms with Gasteiger partial charge in [-0.1, -0.05) is 0 Å². The number of piperazine rings is 1. The van der Waals surface area contributed by atoms with Crippen LogP contribution in [-0.2, 0) is 4.79 Å². The largest absolute Gasteiger partial charge is 0.480 e. The van der Waals surface area contributed by atoms with Crippen molar-refractivity contribution in [1.82, 2.24) is 15.1 Å². The third-order valence-corrected chi connectivity index (χ3v) is 4.17. The van der Waals surface area contributed by atoms with Gasteiger partial charge in [0.1, 0.15) is 5.54 Å². The Morgan fingerprint density at radius 2 is 2.10 bits per heavy atom. The van der Waals surface area contributed by atoms with Crippen molar-refractivity contribution in [2.75, 3.05) is 33.2 Å². The number of likely N-dealkylation sites (N-methyl/N-ethyl adjacent to an activating group) is 1. The van der Waals surface area contributed by atoms with Crippen LogP contribution in [0.15, 0.2) is 0 Å². The smallest absolute Gasteiger partial charge is 0.323 e. The normalized spacial score (nSPS) is 24.8. The first-order valence-electron chi connectivity index (χ1n) is 7.68. The monoisotopic (exact) mass is 285 g/mol. The van der Waals surface area contributed by atoms with Gasteiger partial charge in [-0.25, -0.2) is 0 Å². The number of carboxylic acid groups (broad SMARTS) is 1. The Morgan fingerprint density at radius 1 is 1.45 bits per heavy atom. The van der Waals surface area contributed by atoms with Crippen molar-refractivity contribution in [3.63, 3.8) is 0 Å². The van der Waals surface area contributed by atoms with Crippen LogP contribution in [0.1, 0.15) is 40.5 Å². The zero-order chi connectivity index (χ0) is 15.3. The first-order valence-corrected chi connectivity index (χ1v) is 7.68. The van der Waals surface area contributed by atoms with E-state index in [-0.39, 0.29) is 6.04 Å². The first kappa shape index (κ1) is 17.4. The van der Waals surface area contributed by atoms with Crippen LogP contribution >= 0.6 is 0 Å². The highest BCUT2D eigenvalue weighted by molar-refractivity contribution is 5.78. The SMILES string of the molecule is CC(C)NC(C)(CCCN1CCN(C)CC1C)C(=O)O. The van der Waals surface area contributed by atoms with Crippen LogP contribution in [0.4, 0.5) is 0 Å². The van der Waals surface area contributed by atoms with Crippen molar-refractivity contribution < 1.29 is 9.90 Å². The molecule has 1 rings (SSSR count). The van der Waals surface area contributed by atoms with E-state index < -0.39 is 11.5 Å². The lowest BCUT2D eigenvalue weighted by molar-refractivity contribution is -0.144. The average molecular weight is 285 g/mol. The maximum Gasteiger partial charge on any atom is 0.323 e. The number of hydrogen-bond donors (Lipinski definition) is 2. The minimum absolute atomic E-state index is 0.179. The molecule has 2 unspecified atom stereocenters. The van der Waals surface area contributed by atoms with Crippen LogP contribution in [0.25, 0.3) is 0 Å². The predicted octanol–water partition coefficient (Wildman–Crippen LogP) is 1.24. The van der Waals surface area contributed by atoms with Crippen LogP contribution in [0.5, 0.6) is 0 Å². The Bertz CT molecular complexity index is 322. The molecule has 5 heteroatoms. The Kier molecular flexibility index (Phi) is 6.43. The van der Waals surface area contributed by atoms with Crippen LogP contribution in [0.3, 0.4) is 0 Å². The topological polar surface area (TPSA) is 55.8 Å². The maximum atomic E-state index is 11.5. The van der Waals surface area contributed by atoms with E-state index in [1.807, 2.05) is 13.8 Å². The lowest BCUT2D eigenvalue weighted by Crippen LogP contribution is -2.53. The van der Waals surface area contributed by atoms with E-state index in [4.69, 9.17) is 0 Å². The van der Waals surface area contributed by atoms with Crippen molar-refractivity contribution in [1.29, 1.82) is 0 Å². The van der Waals surface area contributed by atoms with Gasteiger partial charge in [0.15, 0.2) is 0 Å². The summed E-state index contributed by atoms with van der Waals surface area (Å²) in [6.07, 6.45) is 1.58. The fourth-order valence-corrected chi connectivity index (χ4v) is 3.02. The summed E-state index contributed by atoms with van der Waals surface area (Å²) in [5, 5.41) is 12.6. The van der Waals surface area contributed by atoms with Gasteiger partial charge < -0.3 is 10.0 Å². The maximum absolute atomic E-state index is 11.5. The van der Waals surface area contributed by atoms with Gasteiger partial charge in [-0.05, 0) is 54.1 Å².